The number of nitrogens with one attached hydrogen (secondary N) is 2. The minimum atomic E-state index is -0.511. The predicted octanol–water partition coefficient (Wildman–Crippen LogP) is 1.20. The van der Waals surface area contributed by atoms with Gasteiger partial charge in [0.25, 0.3) is 0 Å². The van der Waals surface area contributed by atoms with Gasteiger partial charge in [0.15, 0.2) is 0 Å². The van der Waals surface area contributed by atoms with Gasteiger partial charge in [-0.1, -0.05) is 30.3 Å². The van der Waals surface area contributed by atoms with Gasteiger partial charge in [-0.2, -0.15) is 0 Å². The molecule has 7 heteroatoms. The molecule has 22 heavy (non-hydrogen) atoms. The van der Waals surface area contributed by atoms with Crippen LogP contribution >= 0.6 is 0 Å². The highest BCUT2D eigenvalue weighted by Gasteiger charge is 2.16. The van der Waals surface area contributed by atoms with E-state index in [1.807, 2.05) is 25.1 Å². The molecule has 0 radical (unpaired) electrons. The highest BCUT2D eigenvalue weighted by molar-refractivity contribution is 5.76. The monoisotopic (exact) mass is 303 g/mol. The van der Waals surface area contributed by atoms with E-state index in [1.165, 1.54) is 10.1 Å². The molecule has 2 N–H and O–H groups in total. The first kappa shape index (κ1) is 15.8. The SMILES string of the molecule is CNc1nn(C(=O)NC(C)CCc2ccccc2)c(=O)n1C. The molecule has 0 spiro atoms. The third kappa shape index (κ3) is 3.55. The van der Waals surface area contributed by atoms with Crippen LogP contribution in [0.15, 0.2) is 35.1 Å². The number of amides is 1. The summed E-state index contributed by atoms with van der Waals surface area (Å²) in [6.45, 7) is 1.91. The van der Waals surface area contributed by atoms with Gasteiger partial charge in [0.2, 0.25) is 5.95 Å². The Morgan fingerprint density at radius 3 is 2.59 bits per heavy atom. The van der Waals surface area contributed by atoms with Gasteiger partial charge < -0.3 is 10.6 Å². The molecule has 1 unspecified atom stereocenters. The minimum Gasteiger partial charge on any atom is -0.357 e. The predicted molar refractivity (Wildman–Crippen MR) is 85.2 cm³/mol. The molecule has 0 saturated heterocycles. The number of nitrogens with zero attached hydrogens (tertiary/aromatic N) is 3. The topological polar surface area (TPSA) is 81.0 Å². The number of carbonyl (C=O) groups is 1. The fourth-order valence-corrected chi connectivity index (χ4v) is 2.16. The molecule has 0 aliphatic rings. The Labute approximate surface area is 129 Å². The first-order chi connectivity index (χ1) is 10.5. The number of rotatable bonds is 5. The highest BCUT2D eigenvalue weighted by Crippen LogP contribution is 2.05. The largest absolute Gasteiger partial charge is 0.357 e. The molecule has 1 aromatic heterocycles. The van der Waals surface area contributed by atoms with Crippen LogP contribution in [0.3, 0.4) is 0 Å². The van der Waals surface area contributed by atoms with Crippen molar-refractivity contribution < 1.29 is 4.79 Å². The van der Waals surface area contributed by atoms with Crippen molar-refractivity contribution in [1.29, 1.82) is 0 Å². The Morgan fingerprint density at radius 2 is 2.00 bits per heavy atom. The van der Waals surface area contributed by atoms with Crippen LogP contribution in [-0.2, 0) is 13.5 Å². The van der Waals surface area contributed by atoms with Gasteiger partial charge in [-0.15, -0.1) is 9.78 Å². The van der Waals surface area contributed by atoms with Crippen LogP contribution < -0.4 is 16.3 Å². The molecule has 7 nitrogen and oxygen atoms in total. The van der Waals surface area contributed by atoms with Gasteiger partial charge in [0.05, 0.1) is 0 Å². The molecule has 1 atom stereocenters. The van der Waals surface area contributed by atoms with Crippen molar-refractivity contribution in [1.82, 2.24) is 19.7 Å². The average Bonchev–Trinajstić information content (AvgIpc) is 2.82. The lowest BCUT2D eigenvalue weighted by molar-refractivity contribution is 0.235. The quantitative estimate of drug-likeness (QED) is 0.870. The van der Waals surface area contributed by atoms with Gasteiger partial charge in [-0.05, 0) is 25.3 Å². The smallest absolute Gasteiger partial charge is 0.355 e. The molecule has 0 saturated carbocycles. The first-order valence-electron chi connectivity index (χ1n) is 7.21. The second kappa shape index (κ2) is 6.93. The molecule has 1 amide bonds. The Hall–Kier alpha value is -2.57. The van der Waals surface area contributed by atoms with Gasteiger partial charge in [0.1, 0.15) is 0 Å². The maximum absolute atomic E-state index is 12.1. The summed E-state index contributed by atoms with van der Waals surface area (Å²) in [5.74, 6) is 0.345. The molecular formula is C15H21N5O2. The van der Waals surface area contributed by atoms with Gasteiger partial charge in [-0.25, -0.2) is 9.59 Å². The molecule has 1 heterocycles. The van der Waals surface area contributed by atoms with Crippen LogP contribution in [0, 0.1) is 0 Å². The zero-order chi connectivity index (χ0) is 16.1. The number of aryl methyl sites for hydroxylation is 1. The van der Waals surface area contributed by atoms with E-state index in [-0.39, 0.29) is 6.04 Å². The Balaban J connectivity index is 1.95. The maximum atomic E-state index is 12.1. The van der Waals surface area contributed by atoms with Crippen LogP contribution in [0.5, 0.6) is 0 Å². The van der Waals surface area contributed by atoms with Crippen LogP contribution in [0.1, 0.15) is 18.9 Å². The van der Waals surface area contributed by atoms with Crippen molar-refractivity contribution in [2.75, 3.05) is 12.4 Å². The van der Waals surface area contributed by atoms with Gasteiger partial charge in [0, 0.05) is 20.1 Å². The summed E-state index contributed by atoms with van der Waals surface area (Å²) < 4.78 is 2.12. The Kier molecular flexibility index (Phi) is 4.98. The van der Waals surface area contributed by atoms with E-state index in [2.05, 4.69) is 27.9 Å². The van der Waals surface area contributed by atoms with Crippen molar-refractivity contribution in [3.8, 4) is 0 Å². The van der Waals surface area contributed by atoms with Crippen LogP contribution in [0.25, 0.3) is 0 Å². The molecule has 0 aliphatic carbocycles. The number of benzene rings is 1. The van der Waals surface area contributed by atoms with E-state index < -0.39 is 11.7 Å². The number of aromatic nitrogens is 3. The third-order valence-corrected chi connectivity index (χ3v) is 3.48. The number of hydrogen-bond acceptors (Lipinski definition) is 4. The van der Waals surface area contributed by atoms with Gasteiger partial charge >= 0.3 is 11.7 Å². The number of anilines is 1. The van der Waals surface area contributed by atoms with Crippen molar-refractivity contribution in [2.45, 2.75) is 25.8 Å². The molecule has 0 aliphatic heterocycles. The third-order valence-electron chi connectivity index (χ3n) is 3.48. The normalized spacial score (nSPS) is 12.0. The van der Waals surface area contributed by atoms with Crippen molar-refractivity contribution in [2.24, 2.45) is 7.05 Å². The lowest BCUT2D eigenvalue weighted by Gasteiger charge is -2.13. The molecule has 2 aromatic rings. The summed E-state index contributed by atoms with van der Waals surface area (Å²) in [7, 11) is 3.20. The average molecular weight is 303 g/mol. The van der Waals surface area contributed by atoms with E-state index in [0.717, 1.165) is 17.5 Å². The van der Waals surface area contributed by atoms with E-state index in [0.29, 0.717) is 5.95 Å². The highest BCUT2D eigenvalue weighted by atomic mass is 16.2. The lowest BCUT2D eigenvalue weighted by Crippen LogP contribution is -2.41. The van der Waals surface area contributed by atoms with E-state index >= 15 is 0 Å². The van der Waals surface area contributed by atoms with E-state index in [4.69, 9.17) is 0 Å². The maximum Gasteiger partial charge on any atom is 0.355 e. The minimum absolute atomic E-state index is 0.0559. The summed E-state index contributed by atoms with van der Waals surface area (Å²) >= 11 is 0. The molecule has 2 rings (SSSR count). The fourth-order valence-electron chi connectivity index (χ4n) is 2.16. The zero-order valence-corrected chi connectivity index (χ0v) is 13.0. The summed E-state index contributed by atoms with van der Waals surface area (Å²) in [5, 5.41) is 9.50. The zero-order valence-electron chi connectivity index (χ0n) is 13.0. The van der Waals surface area contributed by atoms with Crippen LogP contribution in [-0.4, -0.2) is 33.5 Å². The Morgan fingerprint density at radius 1 is 1.32 bits per heavy atom. The lowest BCUT2D eigenvalue weighted by atomic mass is 10.1. The van der Waals surface area contributed by atoms with Crippen molar-refractivity contribution >= 4 is 12.0 Å². The number of hydrogen-bond donors (Lipinski definition) is 2. The van der Waals surface area contributed by atoms with E-state index in [1.54, 1.807) is 14.1 Å². The van der Waals surface area contributed by atoms with Gasteiger partial charge in [-0.3, -0.25) is 4.57 Å². The van der Waals surface area contributed by atoms with Crippen LogP contribution in [0.4, 0.5) is 10.7 Å². The number of carbonyl (C=O) groups excluding carboxylic acids is 1. The summed E-state index contributed by atoms with van der Waals surface area (Å²) in [6.07, 6.45) is 1.65. The standard InChI is InChI=1S/C15H21N5O2/c1-11(9-10-12-7-5-4-6-8-12)17-14(21)20-15(22)19(3)13(16-2)18-20/h4-8,11H,9-10H2,1-3H3,(H,16,18)(H,17,21). The summed E-state index contributed by atoms with van der Waals surface area (Å²) in [4.78, 5) is 24.0. The van der Waals surface area contributed by atoms with Crippen molar-refractivity contribution in [3.63, 3.8) is 0 Å². The van der Waals surface area contributed by atoms with E-state index in [9.17, 15) is 9.59 Å². The molecule has 1 aromatic carbocycles. The summed E-state index contributed by atoms with van der Waals surface area (Å²) in [5.41, 5.74) is 0.744. The fraction of sp³-hybridized carbons (Fsp3) is 0.400. The molecule has 0 bridgehead atoms. The van der Waals surface area contributed by atoms with Crippen molar-refractivity contribution in [3.05, 3.63) is 46.4 Å². The summed E-state index contributed by atoms with van der Waals surface area (Å²) in [6, 6.07) is 9.49. The van der Waals surface area contributed by atoms with Crippen LogP contribution in [0.2, 0.25) is 0 Å². The molecular weight excluding hydrogens is 282 g/mol. The Bertz CT molecular complexity index is 690. The molecule has 0 fully saturated rings. The second-order valence-corrected chi connectivity index (χ2v) is 5.20. The first-order valence-corrected chi connectivity index (χ1v) is 7.21. The second-order valence-electron chi connectivity index (χ2n) is 5.20. The molecule has 118 valence electrons.